The van der Waals surface area contributed by atoms with Crippen LogP contribution in [0.1, 0.15) is 41.0 Å². The van der Waals surface area contributed by atoms with Gasteiger partial charge < -0.3 is 20.4 Å². The van der Waals surface area contributed by atoms with Gasteiger partial charge in [0.15, 0.2) is 5.78 Å². The molecule has 1 aromatic heterocycles. The van der Waals surface area contributed by atoms with Gasteiger partial charge in [-0.05, 0) is 55.2 Å². The Morgan fingerprint density at radius 2 is 1.97 bits per heavy atom. The van der Waals surface area contributed by atoms with E-state index in [-0.39, 0.29) is 23.5 Å². The maximum Gasteiger partial charge on any atom is 0.239 e. The molecule has 3 aliphatic rings. The Balaban J connectivity index is 1.39. The minimum atomic E-state index is -0.0917. The highest BCUT2D eigenvalue weighted by molar-refractivity contribution is 6.07. The number of aromatic nitrogens is 1. The van der Waals surface area contributed by atoms with Crippen LogP contribution in [0.15, 0.2) is 48.7 Å². The third kappa shape index (κ3) is 4.64. The van der Waals surface area contributed by atoms with E-state index in [0.717, 1.165) is 34.9 Å². The molecule has 0 saturated carbocycles. The van der Waals surface area contributed by atoms with Gasteiger partial charge >= 0.3 is 0 Å². The molecule has 1 aromatic carbocycles. The van der Waals surface area contributed by atoms with Crippen molar-refractivity contribution in [2.75, 3.05) is 31.6 Å². The summed E-state index contributed by atoms with van der Waals surface area (Å²) in [5.74, 6) is 6.08. The van der Waals surface area contributed by atoms with E-state index >= 15 is 0 Å². The minimum Gasteiger partial charge on any atom is -0.387 e. The van der Waals surface area contributed by atoms with Crippen molar-refractivity contribution in [3.05, 3.63) is 65.6 Å². The van der Waals surface area contributed by atoms with Gasteiger partial charge in [0.05, 0.1) is 16.9 Å². The molecule has 3 heterocycles. The largest absolute Gasteiger partial charge is 0.387 e. The molecule has 178 valence electrons. The minimum absolute atomic E-state index is 0.0255. The predicted molar refractivity (Wildman–Crippen MR) is 131 cm³/mol. The first-order valence-corrected chi connectivity index (χ1v) is 11.9. The summed E-state index contributed by atoms with van der Waals surface area (Å²) in [4.78, 5) is 29.7. The smallest absolute Gasteiger partial charge is 0.239 e. The van der Waals surface area contributed by atoms with Crippen molar-refractivity contribution in [3.63, 3.8) is 0 Å². The van der Waals surface area contributed by atoms with Gasteiger partial charge in [-0.3, -0.25) is 14.6 Å². The number of ether oxygens (including phenoxy) is 1. The number of hydrogen-bond acceptors (Lipinski definition) is 6. The number of anilines is 2. The number of allylic oxidation sites excluding steroid dienone is 2. The van der Waals surface area contributed by atoms with Crippen LogP contribution in [0.25, 0.3) is 5.57 Å². The highest BCUT2D eigenvalue weighted by atomic mass is 16.5. The molecule has 8 heteroatoms. The number of benzene rings is 1. The van der Waals surface area contributed by atoms with Crippen molar-refractivity contribution in [2.24, 2.45) is 17.7 Å². The highest BCUT2D eigenvalue weighted by Gasteiger charge is 2.34. The van der Waals surface area contributed by atoms with E-state index in [4.69, 9.17) is 10.6 Å². The van der Waals surface area contributed by atoms with E-state index in [1.54, 1.807) is 0 Å². The molecule has 1 unspecified atom stereocenters. The molecule has 8 nitrogen and oxygen atoms in total. The van der Waals surface area contributed by atoms with Crippen molar-refractivity contribution in [1.29, 1.82) is 0 Å². The Kier molecular flexibility index (Phi) is 6.51. The number of H-pyrrole nitrogens is 1. The summed E-state index contributed by atoms with van der Waals surface area (Å²) < 4.78 is 5.36. The number of para-hydroxylation sites is 1. The fraction of sp³-hybridized carbons (Fsp3) is 0.385. The summed E-state index contributed by atoms with van der Waals surface area (Å²) in [5, 5.41) is 7.97. The maximum absolute atomic E-state index is 13.4. The molecule has 34 heavy (non-hydrogen) atoms. The molecule has 0 spiro atoms. The van der Waals surface area contributed by atoms with Gasteiger partial charge in [-0.25, -0.2) is 5.84 Å². The number of nitrogens with zero attached hydrogens (tertiary/aromatic N) is 1. The average molecular weight is 462 g/mol. The van der Waals surface area contributed by atoms with E-state index < -0.39 is 0 Å². The monoisotopic (exact) mass is 461 g/mol. The first kappa shape index (κ1) is 22.4. The number of nitrogens with two attached hydrogens (primary N) is 1. The molecule has 2 aromatic rings. The Labute approximate surface area is 199 Å². The lowest BCUT2D eigenvalue weighted by Gasteiger charge is -2.30. The van der Waals surface area contributed by atoms with Gasteiger partial charge in [0.1, 0.15) is 0 Å². The number of aromatic amines is 1. The normalized spacial score (nSPS) is 20.3. The van der Waals surface area contributed by atoms with E-state index in [0.29, 0.717) is 51.0 Å². The predicted octanol–water partition coefficient (Wildman–Crippen LogP) is 3.13. The number of hydrazine groups is 1. The zero-order chi connectivity index (χ0) is 23.5. The standard InChI is InChI=1S/C26H31N5O3/c27-31(26(33)19-8-12-34-13-9-19)16-17-14-21-23(22(32)15-17)25(29-20-4-2-1-3-5-20)24(30-21)18-6-10-28-11-7-18/h1-7,10,17,19,28-30H,8-9,11-16,27H2. The molecule has 1 fully saturated rings. The number of carbonyl (C=O) groups excluding carboxylic acids is 2. The van der Waals surface area contributed by atoms with Crippen molar-refractivity contribution in [3.8, 4) is 0 Å². The lowest BCUT2D eigenvalue weighted by Crippen LogP contribution is -2.46. The Hall–Kier alpha value is -3.36. The second kappa shape index (κ2) is 9.87. The quantitative estimate of drug-likeness (QED) is 0.299. The summed E-state index contributed by atoms with van der Waals surface area (Å²) in [5.41, 5.74) is 5.28. The Morgan fingerprint density at radius 3 is 2.71 bits per heavy atom. The van der Waals surface area contributed by atoms with Gasteiger partial charge in [-0.15, -0.1) is 0 Å². The number of fused-ring (bicyclic) bond motifs is 1. The lowest BCUT2D eigenvalue weighted by molar-refractivity contribution is -0.139. The fourth-order valence-corrected chi connectivity index (χ4v) is 5.06. The van der Waals surface area contributed by atoms with Crippen LogP contribution < -0.4 is 16.5 Å². The van der Waals surface area contributed by atoms with Crippen LogP contribution in [0, 0.1) is 11.8 Å². The van der Waals surface area contributed by atoms with Crippen molar-refractivity contribution in [2.45, 2.75) is 25.7 Å². The Bertz CT molecular complexity index is 1110. The molecular formula is C26H31N5O3. The first-order chi connectivity index (χ1) is 16.6. The zero-order valence-corrected chi connectivity index (χ0v) is 19.2. The lowest BCUT2D eigenvalue weighted by atomic mass is 9.85. The van der Waals surface area contributed by atoms with Crippen LogP contribution >= 0.6 is 0 Å². The summed E-state index contributed by atoms with van der Waals surface area (Å²) in [6, 6.07) is 9.87. The molecule has 0 bridgehead atoms. The maximum atomic E-state index is 13.4. The molecule has 0 radical (unpaired) electrons. The van der Waals surface area contributed by atoms with Crippen LogP contribution in [-0.4, -0.2) is 48.0 Å². The van der Waals surface area contributed by atoms with Crippen LogP contribution in [0.5, 0.6) is 0 Å². The van der Waals surface area contributed by atoms with Crippen LogP contribution in [-0.2, 0) is 16.0 Å². The topological polar surface area (TPSA) is 112 Å². The van der Waals surface area contributed by atoms with Crippen LogP contribution in [0.3, 0.4) is 0 Å². The third-order valence-corrected chi connectivity index (χ3v) is 6.78. The summed E-state index contributed by atoms with van der Waals surface area (Å²) >= 11 is 0. The molecule has 1 atom stereocenters. The van der Waals surface area contributed by atoms with Gasteiger partial charge in [0.2, 0.25) is 5.91 Å². The van der Waals surface area contributed by atoms with Gasteiger partial charge in [0.25, 0.3) is 0 Å². The number of amides is 1. The van der Waals surface area contributed by atoms with E-state index in [1.807, 2.05) is 42.6 Å². The second-order valence-corrected chi connectivity index (χ2v) is 9.20. The average Bonchev–Trinajstić information content (AvgIpc) is 3.23. The number of hydrogen-bond donors (Lipinski definition) is 4. The molecule has 5 rings (SSSR count). The van der Waals surface area contributed by atoms with Crippen molar-refractivity contribution >= 4 is 28.6 Å². The van der Waals surface area contributed by atoms with E-state index in [2.05, 4.69) is 21.7 Å². The Morgan fingerprint density at radius 1 is 1.18 bits per heavy atom. The molecule has 1 amide bonds. The number of rotatable bonds is 6. The van der Waals surface area contributed by atoms with Crippen LogP contribution in [0.4, 0.5) is 11.4 Å². The first-order valence-electron chi connectivity index (χ1n) is 11.9. The summed E-state index contributed by atoms with van der Waals surface area (Å²) in [6.07, 6.45) is 8.45. The van der Waals surface area contributed by atoms with E-state index in [1.165, 1.54) is 5.01 Å². The number of carbonyl (C=O) groups is 2. The third-order valence-electron chi connectivity index (χ3n) is 6.78. The molecular weight excluding hydrogens is 430 g/mol. The number of nitrogens with one attached hydrogen (secondary N) is 3. The SMILES string of the molecule is NN(CC1CC(=O)c2c([nH]c(C3=CCNC=C3)c2Nc2ccccc2)C1)C(=O)C1CCOCC1. The number of ketones is 1. The van der Waals surface area contributed by atoms with Gasteiger partial charge in [0, 0.05) is 50.0 Å². The molecule has 1 aliphatic carbocycles. The van der Waals surface area contributed by atoms with Gasteiger partial charge in [-0.1, -0.05) is 24.3 Å². The summed E-state index contributed by atoms with van der Waals surface area (Å²) in [6.45, 7) is 2.28. The fourth-order valence-electron chi connectivity index (χ4n) is 5.06. The molecule has 2 aliphatic heterocycles. The van der Waals surface area contributed by atoms with Crippen molar-refractivity contribution in [1.82, 2.24) is 15.3 Å². The number of dihydropyridines is 1. The zero-order valence-electron chi connectivity index (χ0n) is 19.2. The second-order valence-electron chi connectivity index (χ2n) is 9.20. The van der Waals surface area contributed by atoms with Gasteiger partial charge in [-0.2, -0.15) is 0 Å². The molecule has 5 N–H and O–H groups in total. The summed E-state index contributed by atoms with van der Waals surface area (Å²) in [7, 11) is 0. The molecule has 1 saturated heterocycles. The van der Waals surface area contributed by atoms with E-state index in [9.17, 15) is 9.59 Å². The highest BCUT2D eigenvalue weighted by Crippen LogP contribution is 2.38. The van der Waals surface area contributed by atoms with Crippen molar-refractivity contribution < 1.29 is 14.3 Å². The van der Waals surface area contributed by atoms with Crippen LogP contribution in [0.2, 0.25) is 0 Å². The number of Topliss-reactive ketones (excluding diaryl/α,β-unsaturated/α-hetero) is 1.